The van der Waals surface area contributed by atoms with E-state index in [-0.39, 0.29) is 5.56 Å². The van der Waals surface area contributed by atoms with E-state index in [4.69, 9.17) is 11.5 Å². The molecule has 2 heterocycles. The first-order valence-corrected chi connectivity index (χ1v) is 6.42. The molecule has 8 nitrogen and oxygen atoms in total. The monoisotopic (exact) mass is 295 g/mol. The molecule has 0 aliphatic heterocycles. The number of anilines is 3. The van der Waals surface area contributed by atoms with Crippen molar-refractivity contribution in [1.29, 1.82) is 0 Å². The minimum Gasteiger partial charge on any atom is -0.399 e. The third kappa shape index (κ3) is 2.57. The van der Waals surface area contributed by atoms with Gasteiger partial charge in [0.15, 0.2) is 5.82 Å². The summed E-state index contributed by atoms with van der Waals surface area (Å²) in [5.41, 5.74) is 13.3. The van der Waals surface area contributed by atoms with Crippen LogP contribution in [0.25, 0.3) is 11.3 Å². The number of nitrogens with two attached hydrogens (primary N) is 2. The standard InChI is InChI=1S/C14H13N7O/c15-9-3-1-8(2-4-9)12-11(13(16)22)14(21-20-12)19-10-7-17-5-6-18-10/h1-7H,15H2,(H2,16,22)(H2,18,19,20,21). The number of amides is 1. The van der Waals surface area contributed by atoms with Gasteiger partial charge in [-0.3, -0.25) is 14.9 Å². The van der Waals surface area contributed by atoms with Crippen molar-refractivity contribution in [2.75, 3.05) is 11.1 Å². The number of nitrogen functional groups attached to an aromatic ring is 1. The molecule has 0 saturated carbocycles. The summed E-state index contributed by atoms with van der Waals surface area (Å²) in [4.78, 5) is 19.8. The molecule has 22 heavy (non-hydrogen) atoms. The number of H-pyrrole nitrogens is 1. The van der Waals surface area contributed by atoms with Crippen molar-refractivity contribution in [3.63, 3.8) is 0 Å². The maximum absolute atomic E-state index is 11.8. The first-order valence-electron chi connectivity index (χ1n) is 6.42. The van der Waals surface area contributed by atoms with Gasteiger partial charge in [0.05, 0.1) is 11.9 Å². The maximum atomic E-state index is 11.8. The second-order valence-corrected chi connectivity index (χ2v) is 4.52. The maximum Gasteiger partial charge on any atom is 0.254 e. The SMILES string of the molecule is NC(=O)c1c(Nc2cnccn2)n[nH]c1-c1ccc(N)cc1. The van der Waals surface area contributed by atoms with E-state index < -0.39 is 5.91 Å². The number of aromatic amines is 1. The third-order valence-corrected chi connectivity index (χ3v) is 3.02. The first kappa shape index (κ1) is 13.6. The van der Waals surface area contributed by atoms with Crippen molar-refractivity contribution >= 4 is 23.2 Å². The van der Waals surface area contributed by atoms with Crippen LogP contribution in [0.1, 0.15) is 10.4 Å². The molecule has 0 radical (unpaired) electrons. The zero-order valence-electron chi connectivity index (χ0n) is 11.4. The van der Waals surface area contributed by atoms with E-state index in [1.165, 1.54) is 12.4 Å². The largest absolute Gasteiger partial charge is 0.399 e. The van der Waals surface area contributed by atoms with E-state index in [0.29, 0.717) is 23.0 Å². The Balaban J connectivity index is 2.02. The molecule has 110 valence electrons. The average Bonchev–Trinajstić information content (AvgIpc) is 2.93. The molecule has 8 heteroatoms. The summed E-state index contributed by atoms with van der Waals surface area (Å²) in [5, 5.41) is 9.82. The van der Waals surface area contributed by atoms with Crippen molar-refractivity contribution in [2.24, 2.45) is 5.73 Å². The summed E-state index contributed by atoms with van der Waals surface area (Å²) >= 11 is 0. The van der Waals surface area contributed by atoms with Crippen LogP contribution >= 0.6 is 0 Å². The molecule has 3 rings (SSSR count). The number of hydrogen-bond donors (Lipinski definition) is 4. The van der Waals surface area contributed by atoms with Crippen LogP contribution in [-0.2, 0) is 0 Å². The van der Waals surface area contributed by atoms with Crippen molar-refractivity contribution in [3.05, 3.63) is 48.4 Å². The average molecular weight is 295 g/mol. The minimum absolute atomic E-state index is 0.246. The van der Waals surface area contributed by atoms with Gasteiger partial charge in [0.25, 0.3) is 5.91 Å². The van der Waals surface area contributed by atoms with Crippen molar-refractivity contribution in [2.45, 2.75) is 0 Å². The van der Waals surface area contributed by atoms with E-state index in [1.54, 1.807) is 30.5 Å². The molecule has 0 aliphatic rings. The molecule has 1 amide bonds. The molecule has 0 spiro atoms. The fraction of sp³-hybridized carbons (Fsp3) is 0. The fourth-order valence-electron chi connectivity index (χ4n) is 2.02. The number of aromatic nitrogens is 4. The van der Waals surface area contributed by atoms with Crippen LogP contribution in [0.15, 0.2) is 42.9 Å². The Kier molecular flexibility index (Phi) is 3.40. The second kappa shape index (κ2) is 5.52. The van der Waals surface area contributed by atoms with E-state index in [1.807, 2.05) is 0 Å². The number of benzene rings is 1. The van der Waals surface area contributed by atoms with E-state index in [9.17, 15) is 4.79 Å². The molecule has 0 bridgehead atoms. The molecule has 0 fully saturated rings. The van der Waals surface area contributed by atoms with Gasteiger partial charge in [-0.2, -0.15) is 5.10 Å². The number of rotatable bonds is 4. The Morgan fingerprint density at radius 1 is 1.18 bits per heavy atom. The summed E-state index contributed by atoms with van der Waals surface area (Å²) < 4.78 is 0. The van der Waals surface area contributed by atoms with Gasteiger partial charge in [0, 0.05) is 23.6 Å². The Bertz CT molecular complexity index is 796. The summed E-state index contributed by atoms with van der Waals surface area (Å²) in [7, 11) is 0. The minimum atomic E-state index is -0.605. The number of primary amides is 1. The van der Waals surface area contributed by atoms with Gasteiger partial charge in [0.1, 0.15) is 11.4 Å². The zero-order valence-corrected chi connectivity index (χ0v) is 11.4. The number of nitrogens with zero attached hydrogens (tertiary/aromatic N) is 3. The second-order valence-electron chi connectivity index (χ2n) is 4.52. The predicted octanol–water partition coefficient (Wildman–Crippen LogP) is 1.29. The Morgan fingerprint density at radius 2 is 1.95 bits per heavy atom. The molecule has 3 aromatic rings. The Morgan fingerprint density at radius 3 is 2.59 bits per heavy atom. The fourth-order valence-corrected chi connectivity index (χ4v) is 2.02. The van der Waals surface area contributed by atoms with Crippen LogP contribution in [0.4, 0.5) is 17.3 Å². The topological polar surface area (TPSA) is 136 Å². The lowest BCUT2D eigenvalue weighted by molar-refractivity contribution is 0.100. The van der Waals surface area contributed by atoms with Crippen molar-refractivity contribution in [1.82, 2.24) is 20.2 Å². The molecule has 0 aliphatic carbocycles. The lowest BCUT2D eigenvalue weighted by atomic mass is 10.1. The van der Waals surface area contributed by atoms with Gasteiger partial charge in [0.2, 0.25) is 0 Å². The molecular formula is C14H13N7O. The highest BCUT2D eigenvalue weighted by molar-refractivity contribution is 6.04. The molecular weight excluding hydrogens is 282 g/mol. The van der Waals surface area contributed by atoms with Gasteiger partial charge < -0.3 is 16.8 Å². The Hall–Kier alpha value is -3.42. The molecule has 6 N–H and O–H groups in total. The van der Waals surface area contributed by atoms with Crippen molar-refractivity contribution < 1.29 is 4.79 Å². The van der Waals surface area contributed by atoms with Crippen LogP contribution in [0.5, 0.6) is 0 Å². The molecule has 0 saturated heterocycles. The first-order chi connectivity index (χ1) is 10.6. The van der Waals surface area contributed by atoms with Crippen LogP contribution in [0.3, 0.4) is 0 Å². The van der Waals surface area contributed by atoms with Crippen LogP contribution < -0.4 is 16.8 Å². The van der Waals surface area contributed by atoms with E-state index in [0.717, 1.165) is 5.56 Å². The van der Waals surface area contributed by atoms with Crippen molar-refractivity contribution in [3.8, 4) is 11.3 Å². The lowest BCUT2D eigenvalue weighted by Crippen LogP contribution is -2.13. The normalized spacial score (nSPS) is 10.4. The zero-order chi connectivity index (χ0) is 15.5. The van der Waals surface area contributed by atoms with Gasteiger partial charge in [-0.1, -0.05) is 12.1 Å². The highest BCUT2D eigenvalue weighted by atomic mass is 16.1. The highest BCUT2D eigenvalue weighted by Gasteiger charge is 2.19. The van der Waals surface area contributed by atoms with Gasteiger partial charge in [-0.05, 0) is 12.1 Å². The van der Waals surface area contributed by atoms with E-state index >= 15 is 0 Å². The molecule has 0 unspecified atom stereocenters. The summed E-state index contributed by atoms with van der Waals surface area (Å²) in [6, 6.07) is 7.02. The quantitative estimate of drug-likeness (QED) is 0.535. The number of nitrogens with one attached hydrogen (secondary N) is 2. The van der Waals surface area contributed by atoms with E-state index in [2.05, 4.69) is 25.5 Å². The predicted molar refractivity (Wildman–Crippen MR) is 82.3 cm³/mol. The number of carbonyl (C=O) groups excluding carboxylic acids is 1. The Labute approximate surface area is 125 Å². The van der Waals surface area contributed by atoms with Crippen LogP contribution in [0, 0.1) is 0 Å². The third-order valence-electron chi connectivity index (χ3n) is 3.02. The van der Waals surface area contributed by atoms with Gasteiger partial charge in [-0.15, -0.1) is 0 Å². The van der Waals surface area contributed by atoms with Gasteiger partial charge >= 0.3 is 0 Å². The van der Waals surface area contributed by atoms with Crippen LogP contribution in [0.2, 0.25) is 0 Å². The highest BCUT2D eigenvalue weighted by Crippen LogP contribution is 2.28. The summed E-state index contributed by atoms with van der Waals surface area (Å²) in [6.07, 6.45) is 4.59. The molecule has 0 atom stereocenters. The lowest BCUT2D eigenvalue weighted by Gasteiger charge is -2.04. The summed E-state index contributed by atoms with van der Waals surface area (Å²) in [6.45, 7) is 0. The smallest absolute Gasteiger partial charge is 0.254 e. The molecule has 2 aromatic heterocycles. The molecule has 1 aromatic carbocycles. The van der Waals surface area contributed by atoms with Crippen LogP contribution in [-0.4, -0.2) is 26.1 Å². The number of hydrogen-bond acceptors (Lipinski definition) is 6. The number of carbonyl (C=O) groups is 1. The summed E-state index contributed by atoms with van der Waals surface area (Å²) in [5.74, 6) is 0.146. The van der Waals surface area contributed by atoms with Gasteiger partial charge in [-0.25, -0.2) is 4.98 Å².